The highest BCUT2D eigenvalue weighted by Crippen LogP contribution is 2.53. The second-order valence-corrected chi connectivity index (χ2v) is 10.7. The number of unbranched alkanes of at least 4 members (excludes halogenated alkanes) is 3. The Morgan fingerprint density at radius 3 is 2.46 bits per heavy atom. The normalized spacial score (nSPS) is 31.0. The summed E-state index contributed by atoms with van der Waals surface area (Å²) in [6, 6.07) is 8.64. The summed E-state index contributed by atoms with van der Waals surface area (Å²) in [7, 11) is 0. The van der Waals surface area contributed by atoms with Gasteiger partial charge in [0, 0.05) is 38.0 Å². The van der Waals surface area contributed by atoms with Crippen molar-refractivity contribution in [3.8, 4) is 0 Å². The number of amides is 3. The second kappa shape index (κ2) is 10.4. The number of para-hydroxylation sites is 1. The highest BCUT2D eigenvalue weighted by atomic mass is 16.5. The zero-order valence-corrected chi connectivity index (χ0v) is 21.7. The lowest BCUT2D eigenvalue weighted by atomic mass is 9.77. The van der Waals surface area contributed by atoms with Gasteiger partial charge in [-0.3, -0.25) is 14.4 Å². The number of ether oxygens (including phenoxy) is 1. The topological polar surface area (TPSA) is 90.4 Å². The summed E-state index contributed by atoms with van der Waals surface area (Å²) >= 11 is 0. The van der Waals surface area contributed by atoms with E-state index >= 15 is 0 Å². The van der Waals surface area contributed by atoms with Crippen LogP contribution in [0, 0.1) is 11.8 Å². The largest absolute Gasteiger partial charge is 0.396 e. The molecule has 0 saturated carbocycles. The molecule has 2 saturated heterocycles. The number of carbonyl (C=O) groups is 3. The summed E-state index contributed by atoms with van der Waals surface area (Å²) in [4.78, 5) is 47.4. The molecule has 1 aromatic carbocycles. The number of likely N-dealkylation sites (tertiary alicyclic amines) is 1. The third-order valence-corrected chi connectivity index (χ3v) is 8.19. The van der Waals surface area contributed by atoms with Crippen LogP contribution in [0.4, 0.5) is 5.69 Å². The molecule has 8 nitrogen and oxygen atoms in total. The predicted octanol–water partition coefficient (Wildman–Crippen LogP) is 2.53. The van der Waals surface area contributed by atoms with Crippen molar-refractivity contribution in [2.45, 2.75) is 63.3 Å². The van der Waals surface area contributed by atoms with Crippen molar-refractivity contribution in [2.24, 2.45) is 11.8 Å². The lowest BCUT2D eigenvalue weighted by molar-refractivity contribution is -0.148. The number of hydrogen-bond acceptors (Lipinski definition) is 5. The molecule has 5 rings (SSSR count). The van der Waals surface area contributed by atoms with Gasteiger partial charge in [-0.25, -0.2) is 0 Å². The van der Waals surface area contributed by atoms with Gasteiger partial charge >= 0.3 is 0 Å². The van der Waals surface area contributed by atoms with Gasteiger partial charge in [-0.1, -0.05) is 55.3 Å². The summed E-state index contributed by atoms with van der Waals surface area (Å²) in [6.07, 6.45) is 10.2. The first kappa shape index (κ1) is 25.7. The van der Waals surface area contributed by atoms with Gasteiger partial charge in [0.2, 0.25) is 17.7 Å². The van der Waals surface area contributed by atoms with Gasteiger partial charge < -0.3 is 24.5 Å². The number of anilines is 1. The number of rotatable bonds is 8. The predicted molar refractivity (Wildman–Crippen MR) is 140 cm³/mol. The molecule has 4 aliphatic heterocycles. The lowest BCUT2D eigenvalue weighted by Gasteiger charge is -2.36. The molecule has 0 bridgehead atoms. The van der Waals surface area contributed by atoms with Crippen molar-refractivity contribution in [3.05, 3.63) is 54.6 Å². The fraction of sp³-hybridized carbons (Fsp3) is 0.552. The van der Waals surface area contributed by atoms with Gasteiger partial charge in [0.15, 0.2) is 0 Å². The molecule has 4 heterocycles. The van der Waals surface area contributed by atoms with Crippen LogP contribution < -0.4 is 4.90 Å². The Morgan fingerprint density at radius 1 is 0.973 bits per heavy atom. The average Bonchev–Trinajstić information content (AvgIpc) is 3.19. The number of benzene rings is 1. The smallest absolute Gasteiger partial charge is 0.249 e. The molecule has 0 aromatic heterocycles. The molecule has 1 N–H and O–H groups in total. The number of aliphatic hydroxyl groups is 1. The quantitative estimate of drug-likeness (QED) is 0.431. The van der Waals surface area contributed by atoms with Crippen LogP contribution in [0.5, 0.6) is 0 Å². The Balaban J connectivity index is 1.52. The Hall–Kier alpha value is -2.97. The van der Waals surface area contributed by atoms with Gasteiger partial charge in [0.05, 0.1) is 17.9 Å². The SMILES string of the molecule is CC(C)N1CC=C[C@]23O[C@@H]4C=CCN(c5ccccc5)C(=O)[C@@H]4[C@H]2C(=O)N(CCCCCCO)C3C1=O. The van der Waals surface area contributed by atoms with E-state index in [-0.39, 0.29) is 30.4 Å². The average molecular weight is 508 g/mol. The minimum atomic E-state index is -1.18. The van der Waals surface area contributed by atoms with E-state index in [4.69, 9.17) is 9.84 Å². The van der Waals surface area contributed by atoms with Crippen molar-refractivity contribution < 1.29 is 24.2 Å². The van der Waals surface area contributed by atoms with Crippen molar-refractivity contribution in [1.82, 2.24) is 9.80 Å². The molecule has 8 heteroatoms. The van der Waals surface area contributed by atoms with E-state index in [1.807, 2.05) is 68.5 Å². The molecule has 1 unspecified atom stereocenters. The molecule has 37 heavy (non-hydrogen) atoms. The molecular weight excluding hydrogens is 470 g/mol. The Bertz CT molecular complexity index is 1090. The first-order chi connectivity index (χ1) is 17.9. The van der Waals surface area contributed by atoms with Crippen LogP contribution in [0.25, 0.3) is 0 Å². The van der Waals surface area contributed by atoms with Crippen LogP contribution >= 0.6 is 0 Å². The van der Waals surface area contributed by atoms with Crippen molar-refractivity contribution in [3.63, 3.8) is 0 Å². The Labute approximate surface area is 218 Å². The number of aliphatic hydroxyl groups excluding tert-OH is 1. The Morgan fingerprint density at radius 2 is 1.73 bits per heavy atom. The van der Waals surface area contributed by atoms with Crippen molar-refractivity contribution in [2.75, 3.05) is 31.1 Å². The first-order valence-corrected chi connectivity index (χ1v) is 13.5. The number of hydrogen-bond donors (Lipinski definition) is 1. The van der Waals surface area contributed by atoms with E-state index in [1.165, 1.54) is 0 Å². The van der Waals surface area contributed by atoms with Crippen LogP contribution in [-0.4, -0.2) is 82.7 Å². The van der Waals surface area contributed by atoms with Crippen molar-refractivity contribution in [1.29, 1.82) is 0 Å². The summed E-state index contributed by atoms with van der Waals surface area (Å²) < 4.78 is 6.68. The number of nitrogens with zero attached hydrogens (tertiary/aromatic N) is 3. The molecular formula is C29H37N3O5. The first-order valence-electron chi connectivity index (χ1n) is 13.5. The Kier molecular flexibility index (Phi) is 7.23. The molecule has 1 spiro atoms. The number of fused-ring (bicyclic) bond motifs is 2. The molecule has 1 aromatic rings. The molecule has 3 amide bonds. The van der Waals surface area contributed by atoms with Crippen LogP contribution in [0.1, 0.15) is 39.5 Å². The van der Waals surface area contributed by atoms with Crippen LogP contribution in [0.3, 0.4) is 0 Å². The van der Waals surface area contributed by atoms with E-state index in [2.05, 4.69) is 0 Å². The summed E-state index contributed by atoms with van der Waals surface area (Å²) in [5.74, 6) is -1.94. The van der Waals surface area contributed by atoms with Gasteiger partial charge in [0.25, 0.3) is 0 Å². The van der Waals surface area contributed by atoms with E-state index < -0.39 is 29.6 Å². The van der Waals surface area contributed by atoms with Crippen LogP contribution in [0.2, 0.25) is 0 Å². The van der Waals surface area contributed by atoms with E-state index in [1.54, 1.807) is 14.7 Å². The fourth-order valence-corrected chi connectivity index (χ4v) is 6.45. The molecule has 0 radical (unpaired) electrons. The standard InChI is InChI=1S/C29H37N3O5/c1-20(2)30-18-11-15-29-24(27(35)32(25(29)28(30)36)16-8-3-4-9-19-33)23-22(37-29)14-10-17-31(26(23)34)21-12-6-5-7-13-21/h5-7,10-15,20,22-25,33H,3-4,8-9,16-19H2,1-2H3/t22-,23+,24+,25?,29+/m1/s1. The minimum absolute atomic E-state index is 0.0326. The third-order valence-electron chi connectivity index (χ3n) is 8.19. The van der Waals surface area contributed by atoms with Gasteiger partial charge in [0.1, 0.15) is 11.6 Å². The van der Waals surface area contributed by atoms with Crippen molar-refractivity contribution >= 4 is 23.4 Å². The highest BCUT2D eigenvalue weighted by Gasteiger charge is 2.71. The minimum Gasteiger partial charge on any atom is -0.396 e. The summed E-state index contributed by atoms with van der Waals surface area (Å²) in [6.45, 7) is 5.36. The number of carbonyl (C=O) groups excluding carboxylic acids is 3. The van der Waals surface area contributed by atoms with Gasteiger partial charge in [-0.05, 0) is 38.8 Å². The fourth-order valence-electron chi connectivity index (χ4n) is 6.45. The summed E-state index contributed by atoms with van der Waals surface area (Å²) in [5, 5.41) is 9.11. The molecule has 198 valence electrons. The van der Waals surface area contributed by atoms with Crippen LogP contribution in [-0.2, 0) is 19.1 Å². The lowest BCUT2D eigenvalue weighted by Crippen LogP contribution is -2.56. The monoisotopic (exact) mass is 507 g/mol. The zero-order valence-electron chi connectivity index (χ0n) is 21.7. The molecule has 0 aliphatic carbocycles. The van der Waals surface area contributed by atoms with Gasteiger partial charge in [-0.15, -0.1) is 0 Å². The van der Waals surface area contributed by atoms with Crippen LogP contribution in [0.15, 0.2) is 54.6 Å². The van der Waals surface area contributed by atoms with Gasteiger partial charge in [-0.2, -0.15) is 0 Å². The van der Waals surface area contributed by atoms with E-state index in [0.29, 0.717) is 19.6 Å². The molecule has 2 fully saturated rings. The second-order valence-electron chi connectivity index (χ2n) is 10.7. The maximum atomic E-state index is 14.2. The molecule has 5 atom stereocenters. The van der Waals surface area contributed by atoms with E-state index in [0.717, 1.165) is 31.4 Å². The van der Waals surface area contributed by atoms with E-state index in [9.17, 15) is 14.4 Å². The maximum Gasteiger partial charge on any atom is 0.249 e. The summed E-state index contributed by atoms with van der Waals surface area (Å²) in [5.41, 5.74) is -0.405. The molecule has 4 aliphatic rings. The maximum absolute atomic E-state index is 14.2. The zero-order chi connectivity index (χ0) is 26.2. The third kappa shape index (κ3) is 4.30. The highest BCUT2D eigenvalue weighted by molar-refractivity contribution is 6.03.